The van der Waals surface area contributed by atoms with E-state index in [4.69, 9.17) is 27.9 Å². The van der Waals surface area contributed by atoms with Crippen molar-refractivity contribution in [1.29, 1.82) is 0 Å². The topological polar surface area (TPSA) is 74.7 Å². The smallest absolute Gasteiger partial charge is 0.253 e. The first-order chi connectivity index (χ1) is 15.5. The molecule has 0 fully saturated rings. The summed E-state index contributed by atoms with van der Waals surface area (Å²) >= 11 is 12.3. The molecule has 5 rings (SSSR count). The molecule has 0 radical (unpaired) electrons. The number of aliphatic hydroxyl groups is 1. The molecule has 0 aliphatic carbocycles. The molecule has 3 heterocycles. The minimum Gasteiger partial charge on any atom is -0.493 e. The summed E-state index contributed by atoms with van der Waals surface area (Å²) in [6, 6.07) is 14.3. The second-order valence-electron chi connectivity index (χ2n) is 7.61. The van der Waals surface area contributed by atoms with Crippen LogP contribution in [0.3, 0.4) is 0 Å². The first kappa shape index (κ1) is 20.8. The van der Waals surface area contributed by atoms with Crippen LogP contribution < -0.4 is 15.0 Å². The van der Waals surface area contributed by atoms with Crippen molar-refractivity contribution in [2.24, 2.45) is 0 Å². The maximum absolute atomic E-state index is 13.0. The number of pyridine rings is 1. The summed E-state index contributed by atoms with van der Waals surface area (Å²) in [4.78, 5) is 19.1. The molecule has 0 bridgehead atoms. The maximum atomic E-state index is 13.0. The second-order valence-corrected chi connectivity index (χ2v) is 8.48. The first-order valence-electron chi connectivity index (χ1n) is 10.1. The van der Waals surface area contributed by atoms with E-state index in [1.54, 1.807) is 41.3 Å². The lowest BCUT2D eigenvalue weighted by molar-refractivity contribution is 0.0924. The number of nitrogens with one attached hydrogen (secondary N) is 1. The predicted octanol–water partition coefficient (Wildman–Crippen LogP) is 5.13. The number of anilines is 2. The summed E-state index contributed by atoms with van der Waals surface area (Å²) in [5.74, 6) is 1.07. The van der Waals surface area contributed by atoms with E-state index >= 15 is 0 Å². The van der Waals surface area contributed by atoms with Gasteiger partial charge in [-0.05, 0) is 36.4 Å². The van der Waals surface area contributed by atoms with Gasteiger partial charge in [0.1, 0.15) is 11.6 Å². The van der Waals surface area contributed by atoms with E-state index in [-0.39, 0.29) is 11.9 Å². The van der Waals surface area contributed by atoms with Crippen LogP contribution in [-0.4, -0.2) is 28.8 Å². The van der Waals surface area contributed by atoms with Crippen molar-refractivity contribution in [2.75, 3.05) is 11.5 Å². The lowest BCUT2D eigenvalue weighted by atomic mass is 10.00. The fraction of sp³-hybridized carbons (Fsp3) is 0.167. The summed E-state index contributed by atoms with van der Waals surface area (Å²) in [6.07, 6.45) is 4.62. The number of rotatable bonds is 3. The SMILES string of the molecule is O=C(N[C@H]1CCOc2ccccc21)c1cnc2c(c1)C=CC(O)N2c1cc(Cl)cc(Cl)c1. The fourth-order valence-electron chi connectivity index (χ4n) is 4.01. The molecule has 1 amide bonds. The molecule has 2 N–H and O–H groups in total. The van der Waals surface area contributed by atoms with E-state index in [0.717, 1.165) is 11.3 Å². The van der Waals surface area contributed by atoms with Crippen molar-refractivity contribution in [3.63, 3.8) is 0 Å². The summed E-state index contributed by atoms with van der Waals surface area (Å²) in [5.41, 5.74) is 2.69. The second kappa shape index (κ2) is 8.47. The number of aliphatic hydroxyl groups excluding tert-OH is 1. The van der Waals surface area contributed by atoms with Gasteiger partial charge in [-0.1, -0.05) is 47.5 Å². The van der Waals surface area contributed by atoms with Crippen LogP contribution >= 0.6 is 23.2 Å². The monoisotopic (exact) mass is 467 g/mol. The van der Waals surface area contributed by atoms with Crippen molar-refractivity contribution < 1.29 is 14.6 Å². The first-order valence-corrected chi connectivity index (χ1v) is 10.9. The Bertz CT molecular complexity index is 1210. The predicted molar refractivity (Wildman–Crippen MR) is 125 cm³/mol. The molecule has 8 heteroatoms. The normalized spacial score (nSPS) is 19.0. The Morgan fingerprint density at radius 1 is 1.16 bits per heavy atom. The highest BCUT2D eigenvalue weighted by atomic mass is 35.5. The van der Waals surface area contributed by atoms with Crippen molar-refractivity contribution >= 4 is 46.7 Å². The summed E-state index contributed by atoms with van der Waals surface area (Å²) in [5, 5.41) is 14.5. The highest BCUT2D eigenvalue weighted by molar-refractivity contribution is 6.35. The average Bonchev–Trinajstić information content (AvgIpc) is 2.78. The molecule has 32 heavy (non-hydrogen) atoms. The molecule has 2 aliphatic heterocycles. The summed E-state index contributed by atoms with van der Waals surface area (Å²) < 4.78 is 5.68. The van der Waals surface area contributed by atoms with Crippen LogP contribution in [0, 0.1) is 0 Å². The quantitative estimate of drug-likeness (QED) is 0.558. The Balaban J connectivity index is 1.43. The van der Waals surface area contributed by atoms with Crippen LogP contribution in [0.1, 0.15) is 33.9 Å². The molecule has 2 atom stereocenters. The molecule has 0 spiro atoms. The van der Waals surface area contributed by atoms with Gasteiger partial charge in [-0.15, -0.1) is 0 Å². The molecule has 1 aromatic heterocycles. The van der Waals surface area contributed by atoms with Gasteiger partial charge in [-0.3, -0.25) is 9.69 Å². The molecular formula is C24H19Cl2N3O3. The fourth-order valence-corrected chi connectivity index (χ4v) is 4.53. The summed E-state index contributed by atoms with van der Waals surface area (Å²) in [7, 11) is 0. The van der Waals surface area contributed by atoms with Crippen LogP contribution in [0.15, 0.2) is 60.8 Å². The minimum absolute atomic E-state index is 0.133. The number of ether oxygens (including phenoxy) is 1. The Kier molecular flexibility index (Phi) is 5.51. The number of aromatic nitrogens is 1. The number of hydrogen-bond donors (Lipinski definition) is 2. The van der Waals surface area contributed by atoms with Gasteiger partial charge in [0.15, 0.2) is 6.23 Å². The van der Waals surface area contributed by atoms with E-state index in [9.17, 15) is 9.90 Å². The molecule has 0 saturated heterocycles. The maximum Gasteiger partial charge on any atom is 0.253 e. The molecule has 162 valence electrons. The Morgan fingerprint density at radius 2 is 1.94 bits per heavy atom. The molecular weight excluding hydrogens is 449 g/mol. The average molecular weight is 468 g/mol. The number of hydrogen-bond acceptors (Lipinski definition) is 5. The van der Waals surface area contributed by atoms with E-state index in [1.165, 1.54) is 6.20 Å². The number of amides is 1. The van der Waals surface area contributed by atoms with Crippen LogP contribution in [0.5, 0.6) is 5.75 Å². The molecule has 0 saturated carbocycles. The Labute approximate surface area is 195 Å². The van der Waals surface area contributed by atoms with Gasteiger partial charge in [-0.25, -0.2) is 4.98 Å². The molecule has 2 aliphatic rings. The van der Waals surface area contributed by atoms with Gasteiger partial charge in [0.2, 0.25) is 0 Å². The van der Waals surface area contributed by atoms with Gasteiger partial charge >= 0.3 is 0 Å². The van der Waals surface area contributed by atoms with Crippen molar-refractivity contribution in [3.8, 4) is 5.75 Å². The number of halogens is 2. The van der Waals surface area contributed by atoms with Gasteiger partial charge in [0, 0.05) is 39.5 Å². The molecule has 2 aromatic carbocycles. The Morgan fingerprint density at radius 3 is 2.75 bits per heavy atom. The third-order valence-corrected chi connectivity index (χ3v) is 5.92. The van der Waals surface area contributed by atoms with Gasteiger partial charge in [0.25, 0.3) is 5.91 Å². The zero-order chi connectivity index (χ0) is 22.2. The van der Waals surface area contributed by atoms with Gasteiger partial charge in [-0.2, -0.15) is 0 Å². The number of carbonyl (C=O) groups is 1. The molecule has 1 unspecified atom stereocenters. The minimum atomic E-state index is -0.942. The van der Waals surface area contributed by atoms with Crippen molar-refractivity contribution in [1.82, 2.24) is 10.3 Å². The zero-order valence-corrected chi connectivity index (χ0v) is 18.3. The standard InChI is InChI=1S/C24H19Cl2N3O3/c25-16-10-17(26)12-18(11-16)29-22(30)6-5-14-9-15(13-27-23(14)29)24(31)28-20-7-8-32-21-4-2-1-3-19(20)21/h1-6,9-13,20,22,30H,7-8H2,(H,28,31)/t20-,22?/m0/s1. The van der Waals surface area contributed by atoms with Gasteiger partial charge < -0.3 is 15.2 Å². The Hall–Kier alpha value is -3.06. The van der Waals surface area contributed by atoms with Crippen molar-refractivity contribution in [2.45, 2.75) is 18.7 Å². The highest BCUT2D eigenvalue weighted by Gasteiger charge is 2.27. The summed E-state index contributed by atoms with van der Waals surface area (Å²) in [6.45, 7) is 0.544. The molecule has 6 nitrogen and oxygen atoms in total. The number of carbonyl (C=O) groups excluding carboxylic acids is 1. The number of fused-ring (bicyclic) bond motifs is 2. The van der Waals surface area contributed by atoms with Gasteiger partial charge in [0.05, 0.1) is 18.2 Å². The number of benzene rings is 2. The van der Waals surface area contributed by atoms with E-state index in [2.05, 4.69) is 10.3 Å². The van der Waals surface area contributed by atoms with E-state index < -0.39 is 6.23 Å². The number of nitrogens with zero attached hydrogens (tertiary/aromatic N) is 2. The van der Waals surface area contributed by atoms with Crippen LogP contribution in [0.2, 0.25) is 10.0 Å². The van der Waals surface area contributed by atoms with E-state index in [0.29, 0.717) is 45.7 Å². The third-order valence-electron chi connectivity index (χ3n) is 5.49. The van der Waals surface area contributed by atoms with Crippen molar-refractivity contribution in [3.05, 3.63) is 87.5 Å². The number of para-hydroxylation sites is 1. The van der Waals surface area contributed by atoms with Crippen LogP contribution in [0.25, 0.3) is 6.08 Å². The lowest BCUT2D eigenvalue weighted by Gasteiger charge is -2.32. The zero-order valence-electron chi connectivity index (χ0n) is 16.8. The van der Waals surface area contributed by atoms with Crippen LogP contribution in [0.4, 0.5) is 11.5 Å². The third kappa shape index (κ3) is 3.93. The lowest BCUT2D eigenvalue weighted by Crippen LogP contribution is -2.34. The van der Waals surface area contributed by atoms with E-state index in [1.807, 2.05) is 24.3 Å². The molecule has 3 aromatic rings. The van der Waals surface area contributed by atoms with Crippen LogP contribution in [-0.2, 0) is 0 Å². The largest absolute Gasteiger partial charge is 0.493 e. The highest BCUT2D eigenvalue weighted by Crippen LogP contribution is 2.37.